The lowest BCUT2D eigenvalue weighted by Crippen LogP contribution is -2.25. The van der Waals surface area contributed by atoms with E-state index in [1.54, 1.807) is 0 Å². The zero-order valence-electron chi connectivity index (χ0n) is 8.85. The van der Waals surface area contributed by atoms with Crippen molar-refractivity contribution in [3.05, 3.63) is 11.8 Å². The molecule has 4 heteroatoms. The van der Waals surface area contributed by atoms with Crippen molar-refractivity contribution < 1.29 is 4.42 Å². The number of nitrogens with zero attached hydrogens (tertiary/aromatic N) is 2. The average Bonchev–Trinajstić information content (AvgIpc) is 2.99. The first kappa shape index (κ1) is 9.33. The standard InChI is InChI=1S/C11H17N3O/c12-9-5-3-8(4-6-9)11-14-13-10(15-11)7-1-2-7/h7-9H,1-6,12H2. The summed E-state index contributed by atoms with van der Waals surface area (Å²) in [6.07, 6.45) is 6.83. The molecule has 2 aliphatic carbocycles. The molecule has 3 rings (SSSR count). The molecule has 15 heavy (non-hydrogen) atoms. The first-order valence-electron chi connectivity index (χ1n) is 5.92. The van der Waals surface area contributed by atoms with E-state index in [1.165, 1.54) is 12.8 Å². The summed E-state index contributed by atoms with van der Waals surface area (Å²) in [5.74, 6) is 2.74. The lowest BCUT2D eigenvalue weighted by Gasteiger charge is -2.23. The second kappa shape index (κ2) is 3.59. The first-order chi connectivity index (χ1) is 7.33. The SMILES string of the molecule is NC1CCC(c2nnc(C3CC3)o2)CC1. The number of rotatable bonds is 2. The maximum Gasteiger partial charge on any atom is 0.219 e. The second-order valence-electron chi connectivity index (χ2n) is 4.86. The van der Waals surface area contributed by atoms with Gasteiger partial charge in [-0.1, -0.05) is 0 Å². The van der Waals surface area contributed by atoms with Crippen LogP contribution in [-0.4, -0.2) is 16.2 Å². The van der Waals surface area contributed by atoms with Gasteiger partial charge in [-0.15, -0.1) is 10.2 Å². The van der Waals surface area contributed by atoms with Crippen molar-refractivity contribution in [1.29, 1.82) is 0 Å². The number of hydrogen-bond acceptors (Lipinski definition) is 4. The van der Waals surface area contributed by atoms with Gasteiger partial charge in [-0.25, -0.2) is 0 Å². The van der Waals surface area contributed by atoms with Gasteiger partial charge in [0.05, 0.1) is 0 Å². The third-order valence-corrected chi connectivity index (χ3v) is 3.50. The minimum atomic E-state index is 0.382. The molecule has 0 amide bonds. The van der Waals surface area contributed by atoms with E-state index >= 15 is 0 Å². The fourth-order valence-electron chi connectivity index (χ4n) is 2.27. The van der Waals surface area contributed by atoms with Crippen LogP contribution in [-0.2, 0) is 0 Å². The van der Waals surface area contributed by atoms with Gasteiger partial charge >= 0.3 is 0 Å². The van der Waals surface area contributed by atoms with E-state index < -0.39 is 0 Å². The molecule has 0 radical (unpaired) electrons. The van der Waals surface area contributed by atoms with Crippen LogP contribution >= 0.6 is 0 Å². The number of nitrogens with two attached hydrogens (primary N) is 1. The summed E-state index contributed by atoms with van der Waals surface area (Å²) in [4.78, 5) is 0. The number of aromatic nitrogens is 2. The summed E-state index contributed by atoms with van der Waals surface area (Å²) in [6, 6.07) is 0.382. The molecular formula is C11H17N3O. The first-order valence-corrected chi connectivity index (χ1v) is 5.92. The molecule has 0 saturated heterocycles. The maximum atomic E-state index is 5.87. The fourth-order valence-corrected chi connectivity index (χ4v) is 2.27. The zero-order valence-corrected chi connectivity index (χ0v) is 8.85. The van der Waals surface area contributed by atoms with Crippen LogP contribution in [0, 0.1) is 0 Å². The highest BCUT2D eigenvalue weighted by Crippen LogP contribution is 2.40. The van der Waals surface area contributed by atoms with E-state index in [4.69, 9.17) is 10.2 Å². The van der Waals surface area contributed by atoms with Gasteiger partial charge in [0, 0.05) is 17.9 Å². The Bertz CT molecular complexity index is 337. The lowest BCUT2D eigenvalue weighted by molar-refractivity contribution is 0.330. The molecular weight excluding hydrogens is 190 g/mol. The molecule has 1 aromatic heterocycles. The van der Waals surface area contributed by atoms with Crippen molar-refractivity contribution in [2.24, 2.45) is 5.73 Å². The van der Waals surface area contributed by atoms with E-state index in [-0.39, 0.29) is 0 Å². The highest BCUT2D eigenvalue weighted by Gasteiger charge is 2.31. The van der Waals surface area contributed by atoms with Crippen LogP contribution in [0.3, 0.4) is 0 Å². The molecule has 4 nitrogen and oxygen atoms in total. The van der Waals surface area contributed by atoms with Crippen LogP contribution in [0.2, 0.25) is 0 Å². The minimum Gasteiger partial charge on any atom is -0.425 e. The quantitative estimate of drug-likeness (QED) is 0.804. The van der Waals surface area contributed by atoms with Crippen molar-refractivity contribution in [2.45, 2.75) is 56.4 Å². The normalized spacial score (nSPS) is 31.8. The Balaban J connectivity index is 1.69. The molecule has 0 aliphatic heterocycles. The van der Waals surface area contributed by atoms with Crippen LogP contribution < -0.4 is 5.73 Å². The minimum absolute atomic E-state index is 0.382. The summed E-state index contributed by atoms with van der Waals surface area (Å²) in [5, 5.41) is 8.29. The summed E-state index contributed by atoms with van der Waals surface area (Å²) in [6.45, 7) is 0. The molecule has 0 spiro atoms. The Morgan fingerprint density at radius 1 is 0.867 bits per heavy atom. The van der Waals surface area contributed by atoms with Gasteiger partial charge in [0.2, 0.25) is 11.8 Å². The van der Waals surface area contributed by atoms with E-state index in [0.29, 0.717) is 17.9 Å². The van der Waals surface area contributed by atoms with E-state index in [2.05, 4.69) is 10.2 Å². The Labute approximate surface area is 89.2 Å². The van der Waals surface area contributed by atoms with Crippen LogP contribution in [0.25, 0.3) is 0 Å². The highest BCUT2D eigenvalue weighted by molar-refractivity contribution is 5.02. The van der Waals surface area contributed by atoms with E-state index in [1.807, 2.05) is 0 Å². The highest BCUT2D eigenvalue weighted by atomic mass is 16.4. The van der Waals surface area contributed by atoms with Gasteiger partial charge in [-0.3, -0.25) is 0 Å². The monoisotopic (exact) mass is 207 g/mol. The molecule has 2 N–H and O–H groups in total. The summed E-state index contributed by atoms with van der Waals surface area (Å²) < 4.78 is 5.72. The van der Waals surface area contributed by atoms with E-state index in [0.717, 1.165) is 37.5 Å². The summed E-state index contributed by atoms with van der Waals surface area (Å²) >= 11 is 0. The molecule has 2 saturated carbocycles. The van der Waals surface area contributed by atoms with Gasteiger partial charge in [-0.05, 0) is 38.5 Å². The third kappa shape index (κ3) is 1.91. The van der Waals surface area contributed by atoms with Crippen LogP contribution in [0.15, 0.2) is 4.42 Å². The fraction of sp³-hybridized carbons (Fsp3) is 0.818. The van der Waals surface area contributed by atoms with Crippen molar-refractivity contribution in [1.82, 2.24) is 10.2 Å². The van der Waals surface area contributed by atoms with Crippen molar-refractivity contribution in [2.75, 3.05) is 0 Å². The molecule has 1 heterocycles. The second-order valence-corrected chi connectivity index (χ2v) is 4.86. The topological polar surface area (TPSA) is 64.9 Å². The predicted octanol–water partition coefficient (Wildman–Crippen LogP) is 1.93. The smallest absolute Gasteiger partial charge is 0.219 e. The third-order valence-electron chi connectivity index (χ3n) is 3.50. The molecule has 1 aromatic rings. The molecule has 2 fully saturated rings. The van der Waals surface area contributed by atoms with Crippen molar-refractivity contribution in [3.8, 4) is 0 Å². The van der Waals surface area contributed by atoms with Crippen molar-refractivity contribution in [3.63, 3.8) is 0 Å². The maximum absolute atomic E-state index is 5.87. The average molecular weight is 207 g/mol. The van der Waals surface area contributed by atoms with Gasteiger partial charge in [0.15, 0.2) is 0 Å². The van der Waals surface area contributed by atoms with E-state index in [9.17, 15) is 0 Å². The Kier molecular flexibility index (Phi) is 2.24. The van der Waals surface area contributed by atoms with Crippen molar-refractivity contribution >= 4 is 0 Å². The molecule has 0 bridgehead atoms. The lowest BCUT2D eigenvalue weighted by atomic mass is 9.86. The Morgan fingerprint density at radius 3 is 1.80 bits per heavy atom. The van der Waals surface area contributed by atoms with Gasteiger partial charge in [0.25, 0.3) is 0 Å². The zero-order chi connectivity index (χ0) is 10.3. The van der Waals surface area contributed by atoms with Gasteiger partial charge in [-0.2, -0.15) is 0 Å². The largest absolute Gasteiger partial charge is 0.425 e. The van der Waals surface area contributed by atoms with Crippen LogP contribution in [0.4, 0.5) is 0 Å². The Hall–Kier alpha value is -0.900. The Morgan fingerprint density at radius 2 is 1.33 bits per heavy atom. The molecule has 0 aromatic carbocycles. The molecule has 2 aliphatic rings. The predicted molar refractivity (Wildman–Crippen MR) is 55.5 cm³/mol. The molecule has 0 unspecified atom stereocenters. The molecule has 82 valence electrons. The molecule has 0 atom stereocenters. The summed E-state index contributed by atoms with van der Waals surface area (Å²) in [5.41, 5.74) is 5.87. The summed E-state index contributed by atoms with van der Waals surface area (Å²) in [7, 11) is 0. The van der Waals surface area contributed by atoms with Gasteiger partial charge < -0.3 is 10.2 Å². The van der Waals surface area contributed by atoms with Gasteiger partial charge in [0.1, 0.15) is 0 Å². The number of hydrogen-bond donors (Lipinski definition) is 1. The van der Waals surface area contributed by atoms with Crippen LogP contribution in [0.1, 0.15) is 62.1 Å². The van der Waals surface area contributed by atoms with Crippen LogP contribution in [0.5, 0.6) is 0 Å².